The third-order valence-electron chi connectivity index (χ3n) is 4.00. The first kappa shape index (κ1) is 18.8. The fourth-order valence-corrected chi connectivity index (χ4v) is 2.72. The van der Waals surface area contributed by atoms with Gasteiger partial charge in [-0.2, -0.15) is 0 Å². The Bertz CT molecular complexity index is 593. The summed E-state index contributed by atoms with van der Waals surface area (Å²) in [6.45, 7) is 5.45. The van der Waals surface area contributed by atoms with Crippen LogP contribution in [0, 0.1) is 0 Å². The smallest absolute Gasteiger partial charge is 0.205 e. The van der Waals surface area contributed by atoms with Gasteiger partial charge in [-0.15, -0.1) is 0 Å². The average molecular weight is 350 g/mol. The molecule has 140 valence electrons. The molecule has 0 aromatic rings. The maximum atomic E-state index is 4.62. The number of rotatable bonds is 3. The van der Waals surface area contributed by atoms with Crippen LogP contribution in [0.4, 0.5) is 0 Å². The summed E-state index contributed by atoms with van der Waals surface area (Å²) in [7, 11) is 9.65. The van der Waals surface area contributed by atoms with Crippen LogP contribution in [0.25, 0.3) is 0 Å². The molecule has 2 heterocycles. The molecule has 0 fully saturated rings. The second-order valence-corrected chi connectivity index (χ2v) is 6.02. The summed E-state index contributed by atoms with van der Waals surface area (Å²) in [5.41, 5.74) is 0. The predicted octanol–water partition coefficient (Wildman–Crippen LogP) is -1.05. The van der Waals surface area contributed by atoms with Crippen molar-refractivity contribution in [1.82, 2.24) is 30.7 Å². The van der Waals surface area contributed by atoms with Crippen molar-refractivity contribution in [3.05, 3.63) is 0 Å². The second-order valence-electron chi connectivity index (χ2n) is 6.02. The van der Waals surface area contributed by atoms with Gasteiger partial charge in [-0.05, 0) is 13.8 Å². The van der Waals surface area contributed by atoms with E-state index in [0.29, 0.717) is 0 Å². The molecule has 25 heavy (non-hydrogen) atoms. The van der Waals surface area contributed by atoms with Crippen LogP contribution in [-0.4, -0.2) is 99.2 Å². The molecule has 2 unspecified atom stereocenters. The maximum Gasteiger partial charge on any atom is 0.205 e. The minimum atomic E-state index is -0.0945. The van der Waals surface area contributed by atoms with Crippen molar-refractivity contribution >= 4 is 23.8 Å². The highest BCUT2D eigenvalue weighted by Gasteiger charge is 2.23. The lowest BCUT2D eigenvalue weighted by molar-refractivity contribution is 0.431. The summed E-state index contributed by atoms with van der Waals surface area (Å²) in [6.07, 6.45) is -0.184. The number of aliphatic imine (C=N–C) groups is 4. The topological polar surface area (TPSA) is 95.2 Å². The molecule has 2 rings (SSSR count). The Morgan fingerprint density at radius 3 is 2.00 bits per heavy atom. The minimum Gasteiger partial charge on any atom is -0.359 e. The Labute approximate surface area is 149 Å². The first-order valence-electron chi connectivity index (χ1n) is 8.46. The van der Waals surface area contributed by atoms with Crippen molar-refractivity contribution in [1.29, 1.82) is 0 Å². The highest BCUT2D eigenvalue weighted by Crippen LogP contribution is 2.07. The number of hydrogen-bond donors (Lipinski definition) is 3. The molecule has 0 aromatic heterocycles. The molecule has 0 bridgehead atoms. The maximum absolute atomic E-state index is 4.62. The molecule has 0 aliphatic carbocycles. The number of nitrogens with zero attached hydrogens (tertiary/aromatic N) is 7. The van der Waals surface area contributed by atoms with Crippen LogP contribution < -0.4 is 16.0 Å². The van der Waals surface area contributed by atoms with E-state index in [-0.39, 0.29) is 12.3 Å². The summed E-state index contributed by atoms with van der Waals surface area (Å²) < 4.78 is 0. The molecular weight excluding hydrogens is 320 g/mol. The fourth-order valence-electron chi connectivity index (χ4n) is 2.72. The number of hydrogen-bond acceptors (Lipinski definition) is 10. The number of likely N-dealkylation sites (N-methyl/N-ethyl adjacent to an activating group) is 1. The van der Waals surface area contributed by atoms with Crippen molar-refractivity contribution in [2.75, 3.05) is 48.3 Å². The lowest BCUT2D eigenvalue weighted by Gasteiger charge is -2.34. The van der Waals surface area contributed by atoms with Crippen molar-refractivity contribution < 1.29 is 0 Å². The minimum absolute atomic E-state index is 0.0897. The largest absolute Gasteiger partial charge is 0.359 e. The third-order valence-corrected chi connectivity index (χ3v) is 4.00. The molecule has 0 radical (unpaired) electrons. The van der Waals surface area contributed by atoms with Crippen LogP contribution in [0.2, 0.25) is 0 Å². The van der Waals surface area contributed by atoms with Gasteiger partial charge in [0.2, 0.25) is 23.8 Å². The summed E-state index contributed by atoms with van der Waals surface area (Å²) in [4.78, 5) is 24.0. The van der Waals surface area contributed by atoms with Gasteiger partial charge in [-0.25, -0.2) is 20.0 Å². The van der Waals surface area contributed by atoms with Gasteiger partial charge in [0.15, 0.2) is 0 Å². The molecule has 0 saturated carbocycles. The van der Waals surface area contributed by atoms with Gasteiger partial charge in [-0.3, -0.25) is 9.80 Å². The van der Waals surface area contributed by atoms with E-state index in [4.69, 9.17) is 0 Å². The molecule has 3 N–H and O–H groups in total. The molecule has 0 aromatic carbocycles. The van der Waals surface area contributed by atoms with E-state index in [0.717, 1.165) is 36.9 Å². The van der Waals surface area contributed by atoms with E-state index in [1.165, 1.54) is 0 Å². The van der Waals surface area contributed by atoms with Gasteiger partial charge in [-0.1, -0.05) is 0 Å². The van der Waals surface area contributed by atoms with Gasteiger partial charge >= 0.3 is 0 Å². The van der Waals surface area contributed by atoms with E-state index >= 15 is 0 Å². The molecule has 2 aliphatic heterocycles. The molecule has 0 saturated heterocycles. The van der Waals surface area contributed by atoms with Gasteiger partial charge < -0.3 is 20.9 Å². The first-order valence-corrected chi connectivity index (χ1v) is 8.46. The Kier molecular flexibility index (Phi) is 6.05. The first-order chi connectivity index (χ1) is 11.9. The van der Waals surface area contributed by atoms with Crippen LogP contribution in [-0.2, 0) is 0 Å². The highest BCUT2D eigenvalue weighted by molar-refractivity contribution is 6.00. The van der Waals surface area contributed by atoms with E-state index in [1.54, 1.807) is 0 Å². The van der Waals surface area contributed by atoms with Gasteiger partial charge in [0, 0.05) is 48.3 Å². The van der Waals surface area contributed by atoms with Crippen molar-refractivity contribution in [3.8, 4) is 0 Å². The molecule has 10 heteroatoms. The van der Waals surface area contributed by atoms with E-state index in [1.807, 2.05) is 58.9 Å². The highest BCUT2D eigenvalue weighted by atomic mass is 15.5. The molecule has 2 aliphatic rings. The molecule has 0 spiro atoms. The van der Waals surface area contributed by atoms with Crippen LogP contribution in [0.3, 0.4) is 0 Å². The van der Waals surface area contributed by atoms with Crippen molar-refractivity contribution in [3.63, 3.8) is 0 Å². The lowest BCUT2D eigenvalue weighted by Crippen LogP contribution is -2.53. The summed E-state index contributed by atoms with van der Waals surface area (Å²) >= 11 is 0. The van der Waals surface area contributed by atoms with Crippen LogP contribution >= 0.6 is 0 Å². The van der Waals surface area contributed by atoms with Gasteiger partial charge in [0.1, 0.15) is 12.3 Å². The fraction of sp³-hybridized carbons (Fsp3) is 0.733. The van der Waals surface area contributed by atoms with E-state index < -0.39 is 0 Å². The zero-order valence-corrected chi connectivity index (χ0v) is 16.2. The zero-order chi connectivity index (χ0) is 18.6. The Morgan fingerprint density at radius 2 is 1.40 bits per heavy atom. The monoisotopic (exact) mass is 350 g/mol. The molecular formula is C15H30N10. The quantitative estimate of drug-likeness (QED) is 0.601. The molecule has 10 nitrogen and oxygen atoms in total. The number of guanidine groups is 4. The van der Waals surface area contributed by atoms with Gasteiger partial charge in [0.25, 0.3) is 0 Å². The molecule has 0 amide bonds. The Hall–Kier alpha value is -2.52. The van der Waals surface area contributed by atoms with E-state index in [9.17, 15) is 0 Å². The van der Waals surface area contributed by atoms with Crippen molar-refractivity contribution in [2.24, 2.45) is 20.0 Å². The van der Waals surface area contributed by atoms with E-state index in [2.05, 4.69) is 40.8 Å². The second kappa shape index (κ2) is 8.04. The van der Waals surface area contributed by atoms with Crippen LogP contribution in [0.5, 0.6) is 0 Å². The normalized spacial score (nSPS) is 23.3. The Balaban J connectivity index is 1.92. The van der Waals surface area contributed by atoms with Crippen molar-refractivity contribution in [2.45, 2.75) is 26.2 Å². The third kappa shape index (κ3) is 4.31. The summed E-state index contributed by atoms with van der Waals surface area (Å²) in [6, 6.07) is 0. The number of nitrogens with one attached hydrogen (secondary N) is 3. The Morgan fingerprint density at radius 1 is 0.880 bits per heavy atom. The lowest BCUT2D eigenvalue weighted by atomic mass is 10.4. The summed E-state index contributed by atoms with van der Waals surface area (Å²) in [5, 5.41) is 9.57. The SMILES string of the molecule is CNC1=NC(C)N=C(NCCN(C)C2=NC(C)N=C(NC)N2C)N1C. The van der Waals surface area contributed by atoms with Crippen LogP contribution in [0.1, 0.15) is 13.8 Å². The van der Waals surface area contributed by atoms with Crippen LogP contribution in [0.15, 0.2) is 20.0 Å². The predicted molar refractivity (Wildman–Crippen MR) is 103 cm³/mol. The standard InChI is InChI=1S/C15H30N10/c1-10-19-12(16-3)24(6)14(21-10)18-8-9-23(5)15-22-11(2)20-13(17-4)25(15)7/h10-11H,8-9H2,1-7H3,(H,16,19)(H,17,20)(H,18,21). The molecule has 2 atom stereocenters. The summed E-state index contributed by atoms with van der Waals surface area (Å²) in [5.74, 6) is 3.32. The average Bonchev–Trinajstić information content (AvgIpc) is 2.58. The van der Waals surface area contributed by atoms with Gasteiger partial charge in [0.05, 0.1) is 0 Å². The zero-order valence-electron chi connectivity index (χ0n) is 16.2.